The molecule has 4 heterocycles. The van der Waals surface area contributed by atoms with E-state index in [1.54, 1.807) is 28.8 Å². The minimum absolute atomic E-state index is 0.151. The highest BCUT2D eigenvalue weighted by molar-refractivity contribution is 5.76. The number of aromatic nitrogens is 8. The van der Waals surface area contributed by atoms with Gasteiger partial charge in [-0.05, 0) is 33.8 Å². The maximum atomic E-state index is 13.4. The first-order chi connectivity index (χ1) is 14.5. The smallest absolute Gasteiger partial charge is 0.272 e. The summed E-state index contributed by atoms with van der Waals surface area (Å²) in [5.74, 6) is -0.151. The van der Waals surface area contributed by atoms with E-state index < -0.39 is 11.9 Å². The van der Waals surface area contributed by atoms with Gasteiger partial charge in [0.15, 0.2) is 0 Å². The van der Waals surface area contributed by atoms with Crippen LogP contribution in [0.4, 0.5) is 13.2 Å². The molecular formula is C20H21F3N8. The number of halogens is 3. The highest BCUT2D eigenvalue weighted by Crippen LogP contribution is 2.36. The van der Waals surface area contributed by atoms with Gasteiger partial charge in [-0.15, -0.1) is 0 Å². The lowest BCUT2D eigenvalue weighted by Crippen LogP contribution is -2.14. The van der Waals surface area contributed by atoms with Gasteiger partial charge in [0.25, 0.3) is 5.95 Å². The summed E-state index contributed by atoms with van der Waals surface area (Å²) in [7, 11) is 3.61. The van der Waals surface area contributed by atoms with Crippen LogP contribution < -0.4 is 0 Å². The van der Waals surface area contributed by atoms with E-state index in [9.17, 15) is 13.2 Å². The maximum absolute atomic E-state index is 13.4. The summed E-state index contributed by atoms with van der Waals surface area (Å²) in [5.41, 5.74) is 4.36. The first-order valence-corrected chi connectivity index (χ1v) is 9.49. The van der Waals surface area contributed by atoms with Crippen LogP contribution in [-0.4, -0.2) is 39.3 Å². The highest BCUT2D eigenvalue weighted by Gasteiger charge is 2.34. The van der Waals surface area contributed by atoms with Crippen molar-refractivity contribution >= 4 is 0 Å². The van der Waals surface area contributed by atoms with Gasteiger partial charge in [-0.2, -0.15) is 33.1 Å². The Bertz CT molecular complexity index is 1290. The molecule has 0 aliphatic heterocycles. The van der Waals surface area contributed by atoms with Crippen LogP contribution in [0.5, 0.6) is 0 Å². The van der Waals surface area contributed by atoms with Crippen molar-refractivity contribution in [2.45, 2.75) is 33.9 Å². The largest absolute Gasteiger partial charge is 0.433 e. The first kappa shape index (κ1) is 20.8. The zero-order valence-electron chi connectivity index (χ0n) is 17.9. The molecule has 31 heavy (non-hydrogen) atoms. The van der Waals surface area contributed by atoms with Crippen LogP contribution in [0.15, 0.2) is 18.5 Å². The van der Waals surface area contributed by atoms with Gasteiger partial charge in [0, 0.05) is 47.9 Å². The Morgan fingerprint density at radius 2 is 1.42 bits per heavy atom. The van der Waals surface area contributed by atoms with Crippen LogP contribution in [0.2, 0.25) is 0 Å². The Hall–Kier alpha value is -3.50. The molecule has 0 radical (unpaired) electrons. The molecule has 0 amide bonds. The van der Waals surface area contributed by atoms with Gasteiger partial charge in [0.2, 0.25) is 0 Å². The number of aryl methyl sites for hydroxylation is 3. The minimum Gasteiger partial charge on any atom is -0.272 e. The van der Waals surface area contributed by atoms with Crippen LogP contribution in [0.25, 0.3) is 28.5 Å². The molecule has 11 heteroatoms. The minimum atomic E-state index is -4.60. The van der Waals surface area contributed by atoms with E-state index in [1.807, 2.05) is 27.8 Å². The van der Waals surface area contributed by atoms with Crippen molar-refractivity contribution < 1.29 is 13.2 Å². The summed E-state index contributed by atoms with van der Waals surface area (Å²) >= 11 is 0. The number of alkyl halides is 3. The molecule has 4 rings (SSSR count). The van der Waals surface area contributed by atoms with Gasteiger partial charge in [-0.3, -0.25) is 9.36 Å². The van der Waals surface area contributed by atoms with E-state index in [4.69, 9.17) is 0 Å². The Kier molecular flexibility index (Phi) is 4.71. The molecule has 0 aromatic carbocycles. The Morgan fingerprint density at radius 1 is 0.839 bits per heavy atom. The molecule has 0 saturated heterocycles. The summed E-state index contributed by atoms with van der Waals surface area (Å²) in [6.07, 6.45) is -1.25. The fraction of sp³-hybridized carbons (Fsp3) is 0.350. The molecule has 0 fully saturated rings. The maximum Gasteiger partial charge on any atom is 0.433 e. The average Bonchev–Trinajstić information content (AvgIpc) is 3.31. The van der Waals surface area contributed by atoms with E-state index in [0.29, 0.717) is 11.4 Å². The van der Waals surface area contributed by atoms with Crippen molar-refractivity contribution in [3.63, 3.8) is 0 Å². The third-order valence-electron chi connectivity index (χ3n) is 5.43. The molecule has 4 aromatic rings. The number of hydrogen-bond donors (Lipinski definition) is 0. The summed E-state index contributed by atoms with van der Waals surface area (Å²) in [5, 5.41) is 13.2. The lowest BCUT2D eigenvalue weighted by atomic mass is 10.0. The normalized spacial score (nSPS) is 12.0. The molecular weight excluding hydrogens is 409 g/mol. The molecule has 4 aromatic heterocycles. The second kappa shape index (κ2) is 7.03. The van der Waals surface area contributed by atoms with E-state index >= 15 is 0 Å². The Morgan fingerprint density at radius 3 is 1.94 bits per heavy atom. The molecule has 0 saturated carbocycles. The van der Waals surface area contributed by atoms with Crippen LogP contribution in [0, 0.1) is 27.7 Å². The number of hydrogen-bond acceptors (Lipinski definition) is 5. The summed E-state index contributed by atoms with van der Waals surface area (Å²) in [6.45, 7) is 7.15. The molecule has 0 atom stereocenters. The Labute approximate surface area is 176 Å². The highest BCUT2D eigenvalue weighted by atomic mass is 19.4. The Balaban J connectivity index is 2.05. The molecule has 0 bridgehead atoms. The zero-order valence-corrected chi connectivity index (χ0v) is 17.9. The van der Waals surface area contributed by atoms with Crippen molar-refractivity contribution in [1.29, 1.82) is 0 Å². The second-order valence-electron chi connectivity index (χ2n) is 7.46. The molecule has 8 nitrogen and oxygen atoms in total. The fourth-order valence-electron chi connectivity index (χ4n) is 3.47. The van der Waals surface area contributed by atoms with Crippen molar-refractivity contribution in [3.8, 4) is 28.5 Å². The molecule has 0 aliphatic carbocycles. The van der Waals surface area contributed by atoms with Crippen LogP contribution in [0.1, 0.15) is 28.3 Å². The van der Waals surface area contributed by atoms with Crippen LogP contribution >= 0.6 is 0 Å². The van der Waals surface area contributed by atoms with Gasteiger partial charge >= 0.3 is 6.18 Å². The van der Waals surface area contributed by atoms with Crippen molar-refractivity contribution in [3.05, 3.63) is 46.8 Å². The predicted octanol–water partition coefficient (Wildman–Crippen LogP) is 3.72. The lowest BCUT2D eigenvalue weighted by molar-refractivity contribution is -0.141. The summed E-state index contributed by atoms with van der Waals surface area (Å²) < 4.78 is 45.0. The van der Waals surface area contributed by atoms with E-state index in [0.717, 1.165) is 34.1 Å². The van der Waals surface area contributed by atoms with Gasteiger partial charge in [-0.25, -0.2) is 9.97 Å². The molecule has 162 valence electrons. The molecule has 0 unspecified atom stereocenters. The summed E-state index contributed by atoms with van der Waals surface area (Å²) in [6, 6.07) is 0.918. The topological polar surface area (TPSA) is 79.2 Å². The van der Waals surface area contributed by atoms with Gasteiger partial charge in [0.1, 0.15) is 5.69 Å². The average molecular weight is 430 g/mol. The SMILES string of the molecule is Cc1cc(C(F)(F)F)nc(-n2nc(-c3cnn(C)c3C)c(C)c2-c2cnn(C)c2C)n1. The third-order valence-corrected chi connectivity index (χ3v) is 5.43. The lowest BCUT2D eigenvalue weighted by Gasteiger charge is -2.11. The summed E-state index contributed by atoms with van der Waals surface area (Å²) in [4.78, 5) is 8.05. The second-order valence-corrected chi connectivity index (χ2v) is 7.46. The number of nitrogens with zero attached hydrogens (tertiary/aromatic N) is 8. The van der Waals surface area contributed by atoms with Crippen LogP contribution in [0.3, 0.4) is 0 Å². The third kappa shape index (κ3) is 3.39. The quantitative estimate of drug-likeness (QED) is 0.495. The monoisotopic (exact) mass is 430 g/mol. The van der Waals surface area contributed by atoms with Crippen molar-refractivity contribution in [2.24, 2.45) is 14.1 Å². The van der Waals surface area contributed by atoms with Gasteiger partial charge in [-0.1, -0.05) is 0 Å². The fourth-order valence-corrected chi connectivity index (χ4v) is 3.47. The van der Waals surface area contributed by atoms with Crippen LogP contribution in [-0.2, 0) is 20.3 Å². The zero-order chi connectivity index (χ0) is 22.7. The number of rotatable bonds is 3. The van der Waals surface area contributed by atoms with Crippen molar-refractivity contribution in [2.75, 3.05) is 0 Å². The van der Waals surface area contributed by atoms with E-state index in [2.05, 4.69) is 25.3 Å². The molecule has 0 aliphatic rings. The first-order valence-electron chi connectivity index (χ1n) is 9.49. The molecule has 0 N–H and O–H groups in total. The van der Waals surface area contributed by atoms with Gasteiger partial charge < -0.3 is 0 Å². The van der Waals surface area contributed by atoms with Gasteiger partial charge in [0.05, 0.1) is 23.8 Å². The van der Waals surface area contributed by atoms with Crippen molar-refractivity contribution in [1.82, 2.24) is 39.3 Å². The van der Waals surface area contributed by atoms with E-state index in [1.165, 1.54) is 11.6 Å². The molecule has 0 spiro atoms. The van der Waals surface area contributed by atoms with E-state index in [-0.39, 0.29) is 11.6 Å². The standard InChI is InChI=1S/C20H21F3N8/c1-10-7-16(20(21,22)23)27-19(26-10)31-18(15-9-25-30(6)13(15)4)11(2)17(28-31)14-8-24-29(5)12(14)3/h7-9H,1-6H3. The predicted molar refractivity (Wildman–Crippen MR) is 108 cm³/mol.